The largest absolute Gasteiger partial charge is 0.493 e. The van der Waals surface area contributed by atoms with E-state index in [1.165, 1.54) is 5.56 Å². The van der Waals surface area contributed by atoms with Gasteiger partial charge in [-0.1, -0.05) is 19.1 Å². The van der Waals surface area contributed by atoms with Crippen LogP contribution in [0.25, 0.3) is 0 Å². The second-order valence-electron chi connectivity index (χ2n) is 5.21. The standard InChI is InChI=1S/C18H19NO4/c1-3-12-4-6-14(7-5-12)19-18(20)13-10-15(21-2)17-16(11-13)22-8-9-23-17/h4-7,10-11H,3,8-9H2,1-2H3,(H,19,20). The number of carbonyl (C=O) groups is 1. The van der Waals surface area contributed by atoms with E-state index in [0.717, 1.165) is 12.1 Å². The van der Waals surface area contributed by atoms with Crippen molar-refractivity contribution in [3.63, 3.8) is 0 Å². The second-order valence-corrected chi connectivity index (χ2v) is 5.21. The molecule has 0 saturated heterocycles. The molecule has 0 unspecified atom stereocenters. The van der Waals surface area contributed by atoms with Gasteiger partial charge in [-0.15, -0.1) is 0 Å². The molecule has 1 heterocycles. The van der Waals surface area contributed by atoms with Crippen LogP contribution >= 0.6 is 0 Å². The second kappa shape index (κ2) is 6.60. The minimum Gasteiger partial charge on any atom is -0.493 e. The van der Waals surface area contributed by atoms with E-state index in [9.17, 15) is 4.79 Å². The number of carbonyl (C=O) groups excluding carboxylic acids is 1. The Kier molecular flexibility index (Phi) is 4.37. The molecule has 0 spiro atoms. The number of methoxy groups -OCH3 is 1. The molecular weight excluding hydrogens is 294 g/mol. The molecule has 5 heteroatoms. The third-order valence-electron chi connectivity index (χ3n) is 3.71. The van der Waals surface area contributed by atoms with Crippen molar-refractivity contribution in [2.75, 3.05) is 25.6 Å². The molecule has 1 aliphatic heterocycles. The molecule has 3 rings (SSSR count). The van der Waals surface area contributed by atoms with Crippen LogP contribution < -0.4 is 19.5 Å². The van der Waals surface area contributed by atoms with Gasteiger partial charge in [-0.2, -0.15) is 0 Å². The fourth-order valence-electron chi connectivity index (χ4n) is 2.43. The monoisotopic (exact) mass is 313 g/mol. The van der Waals surface area contributed by atoms with E-state index in [4.69, 9.17) is 14.2 Å². The van der Waals surface area contributed by atoms with Gasteiger partial charge in [0.2, 0.25) is 5.75 Å². The van der Waals surface area contributed by atoms with Crippen molar-refractivity contribution in [2.24, 2.45) is 0 Å². The lowest BCUT2D eigenvalue weighted by atomic mass is 10.1. The Balaban J connectivity index is 1.83. The molecule has 1 amide bonds. The first kappa shape index (κ1) is 15.2. The highest BCUT2D eigenvalue weighted by atomic mass is 16.6. The molecule has 120 valence electrons. The maximum atomic E-state index is 12.5. The maximum Gasteiger partial charge on any atom is 0.255 e. The number of fused-ring (bicyclic) bond motifs is 1. The van der Waals surface area contributed by atoms with Crippen molar-refractivity contribution < 1.29 is 19.0 Å². The summed E-state index contributed by atoms with van der Waals surface area (Å²) in [6.45, 7) is 3.02. The zero-order valence-corrected chi connectivity index (χ0v) is 13.2. The van der Waals surface area contributed by atoms with Crippen LogP contribution in [0.15, 0.2) is 36.4 Å². The van der Waals surface area contributed by atoms with Crippen LogP contribution in [0.2, 0.25) is 0 Å². The number of nitrogens with one attached hydrogen (secondary N) is 1. The summed E-state index contributed by atoms with van der Waals surface area (Å²) in [6, 6.07) is 11.1. The number of hydrogen-bond donors (Lipinski definition) is 1. The van der Waals surface area contributed by atoms with Crippen LogP contribution in [0.4, 0.5) is 5.69 Å². The first-order chi connectivity index (χ1) is 11.2. The van der Waals surface area contributed by atoms with E-state index in [0.29, 0.717) is 36.0 Å². The van der Waals surface area contributed by atoms with E-state index >= 15 is 0 Å². The van der Waals surface area contributed by atoms with Gasteiger partial charge in [0.25, 0.3) is 5.91 Å². The summed E-state index contributed by atoms with van der Waals surface area (Å²) in [5, 5.41) is 2.88. The lowest BCUT2D eigenvalue weighted by Gasteiger charge is -2.21. The number of benzene rings is 2. The molecule has 1 N–H and O–H groups in total. The third kappa shape index (κ3) is 3.23. The summed E-state index contributed by atoms with van der Waals surface area (Å²) >= 11 is 0. The number of anilines is 1. The molecule has 23 heavy (non-hydrogen) atoms. The van der Waals surface area contributed by atoms with Gasteiger partial charge in [-0.25, -0.2) is 0 Å². The number of aryl methyl sites for hydroxylation is 1. The number of amides is 1. The molecule has 0 radical (unpaired) electrons. The van der Waals surface area contributed by atoms with Crippen molar-refractivity contribution in [3.8, 4) is 17.2 Å². The first-order valence-corrected chi connectivity index (χ1v) is 7.59. The lowest BCUT2D eigenvalue weighted by Crippen LogP contribution is -2.18. The molecule has 1 aliphatic rings. The van der Waals surface area contributed by atoms with Crippen molar-refractivity contribution in [1.82, 2.24) is 0 Å². The van der Waals surface area contributed by atoms with Gasteiger partial charge >= 0.3 is 0 Å². The summed E-state index contributed by atoms with van der Waals surface area (Å²) in [4.78, 5) is 12.5. The van der Waals surface area contributed by atoms with Crippen molar-refractivity contribution in [1.29, 1.82) is 0 Å². The van der Waals surface area contributed by atoms with Gasteiger partial charge in [-0.3, -0.25) is 4.79 Å². The summed E-state index contributed by atoms with van der Waals surface area (Å²) in [7, 11) is 1.54. The van der Waals surface area contributed by atoms with E-state index < -0.39 is 0 Å². The molecule has 0 saturated carbocycles. The Morgan fingerprint density at radius 2 is 1.91 bits per heavy atom. The molecule has 2 aromatic carbocycles. The lowest BCUT2D eigenvalue weighted by molar-refractivity contribution is 0.102. The normalized spacial score (nSPS) is 12.6. The van der Waals surface area contributed by atoms with Crippen molar-refractivity contribution in [2.45, 2.75) is 13.3 Å². The summed E-state index contributed by atoms with van der Waals surface area (Å²) in [5.74, 6) is 1.35. The molecule has 0 bridgehead atoms. The van der Waals surface area contributed by atoms with Crippen LogP contribution in [-0.4, -0.2) is 26.2 Å². The molecule has 2 aromatic rings. The van der Waals surface area contributed by atoms with E-state index in [1.807, 2.05) is 24.3 Å². The van der Waals surface area contributed by atoms with Gasteiger partial charge in [-0.05, 0) is 36.2 Å². The van der Waals surface area contributed by atoms with E-state index in [2.05, 4.69) is 12.2 Å². The Morgan fingerprint density at radius 3 is 2.61 bits per heavy atom. The predicted molar refractivity (Wildman–Crippen MR) is 87.8 cm³/mol. The average molecular weight is 313 g/mol. The van der Waals surface area contributed by atoms with Gasteiger partial charge < -0.3 is 19.5 Å². The van der Waals surface area contributed by atoms with E-state index in [-0.39, 0.29) is 5.91 Å². The number of rotatable bonds is 4. The van der Waals surface area contributed by atoms with Gasteiger partial charge in [0, 0.05) is 11.3 Å². The topological polar surface area (TPSA) is 56.8 Å². The fraction of sp³-hybridized carbons (Fsp3) is 0.278. The summed E-state index contributed by atoms with van der Waals surface area (Å²) < 4.78 is 16.4. The first-order valence-electron chi connectivity index (χ1n) is 7.59. The minimum absolute atomic E-state index is 0.218. The zero-order chi connectivity index (χ0) is 16.2. The van der Waals surface area contributed by atoms with Gasteiger partial charge in [0.05, 0.1) is 7.11 Å². The van der Waals surface area contributed by atoms with Crippen LogP contribution in [0.1, 0.15) is 22.8 Å². The SMILES string of the molecule is CCc1ccc(NC(=O)c2cc(OC)c3c(c2)OCCO3)cc1. The smallest absolute Gasteiger partial charge is 0.255 e. The van der Waals surface area contributed by atoms with Gasteiger partial charge in [0.15, 0.2) is 11.5 Å². The summed E-state index contributed by atoms with van der Waals surface area (Å²) in [6.07, 6.45) is 0.966. The Bertz CT molecular complexity index is 692. The van der Waals surface area contributed by atoms with Crippen LogP contribution in [-0.2, 0) is 6.42 Å². The number of ether oxygens (including phenoxy) is 3. The maximum absolute atomic E-state index is 12.5. The fourth-order valence-corrected chi connectivity index (χ4v) is 2.43. The van der Waals surface area contributed by atoms with Gasteiger partial charge in [0.1, 0.15) is 13.2 Å². The quantitative estimate of drug-likeness (QED) is 0.941. The number of hydrogen-bond acceptors (Lipinski definition) is 4. The molecular formula is C18H19NO4. The van der Waals surface area contributed by atoms with E-state index in [1.54, 1.807) is 19.2 Å². The molecule has 5 nitrogen and oxygen atoms in total. The van der Waals surface area contributed by atoms with Crippen molar-refractivity contribution >= 4 is 11.6 Å². The van der Waals surface area contributed by atoms with Crippen molar-refractivity contribution in [3.05, 3.63) is 47.5 Å². The predicted octanol–water partition coefficient (Wildman–Crippen LogP) is 3.28. The highest BCUT2D eigenvalue weighted by Gasteiger charge is 2.20. The Hall–Kier alpha value is -2.69. The van der Waals surface area contributed by atoms with Crippen LogP contribution in [0, 0.1) is 0 Å². The molecule has 0 aliphatic carbocycles. The van der Waals surface area contributed by atoms with Crippen LogP contribution in [0.3, 0.4) is 0 Å². The zero-order valence-electron chi connectivity index (χ0n) is 13.2. The molecule has 0 fully saturated rings. The summed E-state index contributed by atoms with van der Waals surface area (Å²) in [5.41, 5.74) is 2.44. The average Bonchev–Trinajstić information content (AvgIpc) is 2.61. The molecule has 0 aromatic heterocycles. The highest BCUT2D eigenvalue weighted by Crippen LogP contribution is 2.40. The Morgan fingerprint density at radius 1 is 1.17 bits per heavy atom. The molecule has 0 atom stereocenters. The highest BCUT2D eigenvalue weighted by molar-refractivity contribution is 6.05. The Labute approximate surface area is 135 Å². The third-order valence-corrected chi connectivity index (χ3v) is 3.71. The van der Waals surface area contributed by atoms with Crippen LogP contribution in [0.5, 0.6) is 17.2 Å². The minimum atomic E-state index is -0.218.